The van der Waals surface area contributed by atoms with Gasteiger partial charge in [-0.05, 0) is 49.5 Å². The van der Waals surface area contributed by atoms with E-state index in [0.717, 1.165) is 38.5 Å². The number of fused-ring (bicyclic) bond motifs is 3. The smallest absolute Gasteiger partial charge is 0.405 e. The second-order valence-electron chi connectivity index (χ2n) is 5.10. The molecule has 0 saturated heterocycles. The fourth-order valence-corrected chi connectivity index (χ4v) is 3.10. The van der Waals surface area contributed by atoms with Crippen LogP contribution in [0.4, 0.5) is 4.79 Å². The molecule has 1 amide bonds. The van der Waals surface area contributed by atoms with Gasteiger partial charge in [-0.3, -0.25) is 0 Å². The van der Waals surface area contributed by atoms with E-state index in [2.05, 4.69) is 15.3 Å². The Morgan fingerprint density at radius 3 is 2.31 bits per heavy atom. The van der Waals surface area contributed by atoms with Gasteiger partial charge in [0.2, 0.25) is 0 Å². The van der Waals surface area contributed by atoms with Gasteiger partial charge in [0.25, 0.3) is 0 Å². The van der Waals surface area contributed by atoms with Gasteiger partial charge in [-0.25, -0.2) is 4.79 Å². The van der Waals surface area contributed by atoms with Crippen molar-refractivity contribution in [2.75, 3.05) is 6.54 Å². The van der Waals surface area contributed by atoms with Crippen molar-refractivity contribution < 1.29 is 9.90 Å². The van der Waals surface area contributed by atoms with Gasteiger partial charge in [0, 0.05) is 17.0 Å². The van der Waals surface area contributed by atoms with E-state index in [1.165, 1.54) is 0 Å². The highest BCUT2D eigenvalue weighted by atomic mass is 16.4. The molecule has 6 heteroatoms. The third-order valence-corrected chi connectivity index (χ3v) is 4.24. The SMILES string of the molecule is [N-]=[N+]=NCC12CCC(NC(=O)O)(CC1)CC2. The highest BCUT2D eigenvalue weighted by molar-refractivity contribution is 5.65. The summed E-state index contributed by atoms with van der Waals surface area (Å²) in [5.74, 6) is 0. The monoisotopic (exact) mass is 224 g/mol. The third-order valence-electron chi connectivity index (χ3n) is 4.24. The lowest BCUT2D eigenvalue weighted by Crippen LogP contribution is -2.56. The molecule has 0 aromatic carbocycles. The van der Waals surface area contributed by atoms with E-state index in [1.807, 2.05) is 0 Å². The molecule has 88 valence electrons. The van der Waals surface area contributed by atoms with Crippen LogP contribution in [-0.4, -0.2) is 23.3 Å². The van der Waals surface area contributed by atoms with Crippen LogP contribution in [0.3, 0.4) is 0 Å². The number of nitrogens with one attached hydrogen (secondary N) is 1. The normalized spacial score (nSPS) is 36.5. The zero-order valence-corrected chi connectivity index (χ0v) is 9.15. The van der Waals surface area contributed by atoms with Crippen molar-refractivity contribution >= 4 is 6.09 Å². The summed E-state index contributed by atoms with van der Waals surface area (Å²) in [5, 5.41) is 15.2. The lowest BCUT2D eigenvalue weighted by molar-refractivity contribution is 0.0311. The van der Waals surface area contributed by atoms with E-state index < -0.39 is 6.09 Å². The molecule has 0 unspecified atom stereocenters. The minimum atomic E-state index is -0.926. The van der Waals surface area contributed by atoms with E-state index in [-0.39, 0.29) is 11.0 Å². The number of carboxylic acid groups (broad SMARTS) is 1. The molecule has 0 aliphatic heterocycles. The first-order valence-corrected chi connectivity index (χ1v) is 5.62. The van der Waals surface area contributed by atoms with Crippen molar-refractivity contribution in [3.63, 3.8) is 0 Å². The van der Waals surface area contributed by atoms with Crippen LogP contribution in [0.25, 0.3) is 10.4 Å². The zero-order chi connectivity index (χ0) is 11.6. The van der Waals surface area contributed by atoms with E-state index in [4.69, 9.17) is 10.6 Å². The average molecular weight is 224 g/mol. The Balaban J connectivity index is 2.02. The van der Waals surface area contributed by atoms with Crippen LogP contribution in [0.5, 0.6) is 0 Å². The molecule has 0 aromatic heterocycles. The number of hydrogen-bond acceptors (Lipinski definition) is 2. The van der Waals surface area contributed by atoms with E-state index in [1.54, 1.807) is 0 Å². The van der Waals surface area contributed by atoms with E-state index in [9.17, 15) is 4.79 Å². The van der Waals surface area contributed by atoms with Crippen LogP contribution in [0.2, 0.25) is 0 Å². The molecule has 16 heavy (non-hydrogen) atoms. The molecule has 2 N–H and O–H groups in total. The Morgan fingerprint density at radius 2 is 1.88 bits per heavy atom. The summed E-state index contributed by atoms with van der Waals surface area (Å²) in [6, 6.07) is 0. The van der Waals surface area contributed by atoms with Crippen LogP contribution in [0.1, 0.15) is 38.5 Å². The highest BCUT2D eigenvalue weighted by Gasteiger charge is 2.48. The molecule has 3 rings (SSSR count). The molecule has 2 bridgehead atoms. The lowest BCUT2D eigenvalue weighted by Gasteiger charge is -2.52. The maximum absolute atomic E-state index is 10.7. The summed E-state index contributed by atoms with van der Waals surface area (Å²) >= 11 is 0. The first-order chi connectivity index (χ1) is 7.60. The molecule has 0 spiro atoms. The summed E-state index contributed by atoms with van der Waals surface area (Å²) in [6.07, 6.45) is 4.59. The number of amides is 1. The highest BCUT2D eigenvalue weighted by Crippen LogP contribution is 2.52. The second-order valence-corrected chi connectivity index (χ2v) is 5.10. The van der Waals surface area contributed by atoms with Gasteiger partial charge < -0.3 is 10.4 Å². The fourth-order valence-electron chi connectivity index (χ4n) is 3.10. The number of hydrogen-bond donors (Lipinski definition) is 2. The van der Waals surface area contributed by atoms with E-state index in [0.29, 0.717) is 6.54 Å². The van der Waals surface area contributed by atoms with Crippen LogP contribution >= 0.6 is 0 Å². The van der Waals surface area contributed by atoms with E-state index >= 15 is 0 Å². The van der Waals surface area contributed by atoms with Gasteiger partial charge in [-0.15, -0.1) is 0 Å². The first-order valence-electron chi connectivity index (χ1n) is 5.62. The van der Waals surface area contributed by atoms with Crippen LogP contribution in [-0.2, 0) is 0 Å². The maximum Gasteiger partial charge on any atom is 0.405 e. The first kappa shape index (κ1) is 11.1. The van der Waals surface area contributed by atoms with Gasteiger partial charge in [-0.2, -0.15) is 0 Å². The summed E-state index contributed by atoms with van der Waals surface area (Å²) in [4.78, 5) is 13.5. The molecule has 0 aromatic rings. The number of carbonyl (C=O) groups is 1. The Morgan fingerprint density at radius 1 is 1.31 bits per heavy atom. The quantitative estimate of drug-likeness (QED) is 0.437. The van der Waals surface area contributed by atoms with Crippen molar-refractivity contribution in [1.29, 1.82) is 0 Å². The number of azide groups is 1. The molecular formula is C10H16N4O2. The average Bonchev–Trinajstić information content (AvgIpc) is 2.28. The van der Waals surface area contributed by atoms with Crippen LogP contribution < -0.4 is 5.32 Å². The molecule has 0 heterocycles. The number of rotatable bonds is 3. The topological polar surface area (TPSA) is 98.1 Å². The Hall–Kier alpha value is -1.42. The third kappa shape index (κ3) is 1.93. The van der Waals surface area contributed by atoms with Gasteiger partial charge in [-0.1, -0.05) is 5.11 Å². The molecule has 3 saturated carbocycles. The molecule has 3 aliphatic carbocycles. The second kappa shape index (κ2) is 3.87. The summed E-state index contributed by atoms with van der Waals surface area (Å²) in [5.41, 5.74) is 8.30. The predicted octanol–water partition coefficient (Wildman–Crippen LogP) is 2.66. The van der Waals surface area contributed by atoms with Crippen LogP contribution in [0.15, 0.2) is 5.11 Å². The minimum Gasteiger partial charge on any atom is -0.465 e. The zero-order valence-electron chi connectivity index (χ0n) is 9.15. The molecular weight excluding hydrogens is 208 g/mol. The van der Waals surface area contributed by atoms with Crippen molar-refractivity contribution in [1.82, 2.24) is 5.32 Å². The Labute approximate surface area is 93.7 Å². The maximum atomic E-state index is 10.7. The standard InChI is InChI=1S/C10H16N4O2/c11-14-12-7-9-1-4-10(5-2-9,6-3-9)13-8(15)16/h13H,1-7H2,(H,15,16). The molecule has 6 nitrogen and oxygen atoms in total. The Bertz CT molecular complexity index is 304. The van der Waals surface area contributed by atoms with Gasteiger partial charge in [0.1, 0.15) is 0 Å². The number of nitrogens with zero attached hydrogens (tertiary/aromatic N) is 3. The molecule has 3 aliphatic rings. The lowest BCUT2D eigenvalue weighted by atomic mass is 9.57. The summed E-state index contributed by atoms with van der Waals surface area (Å²) in [6.45, 7) is 0.562. The largest absolute Gasteiger partial charge is 0.465 e. The summed E-state index contributed by atoms with van der Waals surface area (Å²) < 4.78 is 0. The van der Waals surface area contributed by atoms with Gasteiger partial charge in [0.15, 0.2) is 0 Å². The van der Waals surface area contributed by atoms with Crippen LogP contribution in [0, 0.1) is 5.41 Å². The van der Waals surface area contributed by atoms with Crippen molar-refractivity contribution in [2.24, 2.45) is 10.5 Å². The summed E-state index contributed by atoms with van der Waals surface area (Å²) in [7, 11) is 0. The van der Waals surface area contributed by atoms with Crippen molar-refractivity contribution in [3.8, 4) is 0 Å². The molecule has 0 atom stereocenters. The molecule has 0 radical (unpaired) electrons. The fraction of sp³-hybridized carbons (Fsp3) is 0.900. The minimum absolute atomic E-state index is 0.147. The predicted molar refractivity (Wildman–Crippen MR) is 58.0 cm³/mol. The van der Waals surface area contributed by atoms with Crippen molar-refractivity contribution in [3.05, 3.63) is 10.4 Å². The Kier molecular flexibility index (Phi) is 2.68. The van der Waals surface area contributed by atoms with Gasteiger partial charge in [0.05, 0.1) is 0 Å². The molecule has 3 fully saturated rings. The van der Waals surface area contributed by atoms with Gasteiger partial charge >= 0.3 is 6.09 Å². The van der Waals surface area contributed by atoms with Crippen molar-refractivity contribution in [2.45, 2.75) is 44.1 Å².